The highest BCUT2D eigenvalue weighted by Crippen LogP contribution is 2.20. The van der Waals surface area contributed by atoms with Gasteiger partial charge in [0.2, 0.25) is 0 Å². The molecule has 0 radical (unpaired) electrons. The quantitative estimate of drug-likeness (QED) is 0.778. The van der Waals surface area contributed by atoms with Crippen LogP contribution in [0.1, 0.15) is 10.5 Å². The predicted molar refractivity (Wildman–Crippen MR) is 53.9 cm³/mol. The van der Waals surface area contributed by atoms with Crippen LogP contribution in [0.3, 0.4) is 0 Å². The predicted octanol–water partition coefficient (Wildman–Crippen LogP) is 0.532. The Morgan fingerprint density at radius 2 is 2.25 bits per heavy atom. The Bertz CT molecular complexity index is 470. The van der Waals surface area contributed by atoms with Crippen molar-refractivity contribution in [3.63, 3.8) is 0 Å². The largest absolute Gasteiger partial charge is 0.464 e. The number of carbonyl (C=O) groups is 1. The van der Waals surface area contributed by atoms with Crippen molar-refractivity contribution in [3.8, 4) is 0 Å². The van der Waals surface area contributed by atoms with Crippen molar-refractivity contribution in [3.05, 3.63) is 24.4 Å². The molecule has 0 unspecified atom stereocenters. The third-order valence-corrected chi connectivity index (χ3v) is 2.43. The number of rotatable bonds is 3. The number of methoxy groups -OCH3 is 1. The van der Waals surface area contributed by atoms with Gasteiger partial charge in [-0.25, -0.2) is 19.7 Å². The van der Waals surface area contributed by atoms with Crippen molar-refractivity contribution < 1.29 is 9.53 Å². The van der Waals surface area contributed by atoms with Gasteiger partial charge in [0.05, 0.1) is 19.5 Å². The van der Waals surface area contributed by atoms with Crippen LogP contribution in [0.5, 0.6) is 0 Å². The number of carbonyl (C=O) groups excluding carboxylic acids is 1. The molecule has 0 saturated heterocycles. The average Bonchev–Trinajstić information content (AvgIpc) is 2.82. The molecule has 0 saturated carbocycles. The fourth-order valence-electron chi connectivity index (χ4n) is 0.921. The molecule has 82 valence electrons. The minimum absolute atomic E-state index is 0.171. The number of esters is 1. The van der Waals surface area contributed by atoms with Crippen molar-refractivity contribution in [1.82, 2.24) is 25.1 Å². The van der Waals surface area contributed by atoms with Crippen molar-refractivity contribution in [2.75, 3.05) is 7.11 Å². The van der Waals surface area contributed by atoms with Gasteiger partial charge in [0, 0.05) is 0 Å². The molecular formula is C8H7N5O2S. The summed E-state index contributed by atoms with van der Waals surface area (Å²) in [7, 11) is 1.29. The molecule has 0 amide bonds. The first-order chi connectivity index (χ1) is 7.79. The molecule has 2 aromatic heterocycles. The third kappa shape index (κ3) is 2.34. The summed E-state index contributed by atoms with van der Waals surface area (Å²) in [5, 5.41) is 7.60. The van der Waals surface area contributed by atoms with Gasteiger partial charge in [-0.15, -0.1) is 0 Å². The van der Waals surface area contributed by atoms with E-state index in [1.807, 2.05) is 0 Å². The van der Waals surface area contributed by atoms with Crippen molar-refractivity contribution >= 4 is 17.7 Å². The molecule has 0 aliphatic rings. The average molecular weight is 237 g/mol. The molecule has 8 heteroatoms. The Morgan fingerprint density at radius 1 is 1.38 bits per heavy atom. The molecule has 2 aromatic rings. The van der Waals surface area contributed by atoms with E-state index in [1.54, 1.807) is 0 Å². The van der Waals surface area contributed by atoms with Crippen molar-refractivity contribution in [1.29, 1.82) is 0 Å². The fourth-order valence-corrected chi connectivity index (χ4v) is 1.53. The van der Waals surface area contributed by atoms with Gasteiger partial charge >= 0.3 is 5.97 Å². The standard InChI is InChI=1S/C8H7N5O2S/c1-15-7(14)5-2-10-6(3-9-5)16-8-11-4-12-13-8/h2-4H,1H3,(H,11,12,13). The smallest absolute Gasteiger partial charge is 0.358 e. The molecule has 0 aliphatic carbocycles. The van der Waals surface area contributed by atoms with E-state index < -0.39 is 5.97 Å². The maximum absolute atomic E-state index is 11.1. The number of hydrogen-bond donors (Lipinski definition) is 1. The zero-order chi connectivity index (χ0) is 11.4. The number of aromatic amines is 1. The van der Waals surface area contributed by atoms with Crippen LogP contribution in [0, 0.1) is 0 Å². The van der Waals surface area contributed by atoms with Gasteiger partial charge in [-0.2, -0.15) is 5.10 Å². The number of nitrogens with one attached hydrogen (secondary N) is 1. The van der Waals surface area contributed by atoms with E-state index >= 15 is 0 Å². The van der Waals surface area contributed by atoms with Gasteiger partial charge in [-0.3, -0.25) is 5.10 Å². The van der Waals surface area contributed by atoms with E-state index in [0.717, 1.165) is 0 Å². The first kappa shape index (κ1) is 10.6. The molecule has 2 heterocycles. The second kappa shape index (κ2) is 4.71. The van der Waals surface area contributed by atoms with Gasteiger partial charge in [0.15, 0.2) is 10.9 Å². The van der Waals surface area contributed by atoms with Crippen molar-refractivity contribution in [2.24, 2.45) is 0 Å². The van der Waals surface area contributed by atoms with Crippen LogP contribution in [-0.2, 0) is 4.74 Å². The Balaban J connectivity index is 2.10. The number of H-pyrrole nitrogens is 1. The van der Waals surface area contributed by atoms with Crippen LogP contribution in [0.15, 0.2) is 28.9 Å². The van der Waals surface area contributed by atoms with Crippen LogP contribution < -0.4 is 0 Å². The number of ether oxygens (including phenoxy) is 1. The van der Waals surface area contributed by atoms with E-state index in [-0.39, 0.29) is 5.69 Å². The van der Waals surface area contributed by atoms with Gasteiger partial charge in [-0.05, 0) is 11.8 Å². The van der Waals surface area contributed by atoms with E-state index in [2.05, 4.69) is 29.9 Å². The Morgan fingerprint density at radius 3 is 2.81 bits per heavy atom. The molecule has 16 heavy (non-hydrogen) atoms. The summed E-state index contributed by atoms with van der Waals surface area (Å²) in [6, 6.07) is 0. The summed E-state index contributed by atoms with van der Waals surface area (Å²) in [5.74, 6) is -0.510. The second-order valence-corrected chi connectivity index (χ2v) is 3.63. The van der Waals surface area contributed by atoms with Gasteiger partial charge in [0.1, 0.15) is 11.4 Å². The van der Waals surface area contributed by atoms with Crippen molar-refractivity contribution in [2.45, 2.75) is 10.2 Å². The molecule has 0 spiro atoms. The maximum atomic E-state index is 11.1. The molecule has 0 atom stereocenters. The van der Waals surface area contributed by atoms with Gasteiger partial charge in [-0.1, -0.05) is 0 Å². The molecule has 7 nitrogen and oxygen atoms in total. The van der Waals surface area contributed by atoms with E-state index in [9.17, 15) is 4.79 Å². The molecule has 0 fully saturated rings. The first-order valence-electron chi connectivity index (χ1n) is 4.23. The number of hydrogen-bond acceptors (Lipinski definition) is 7. The normalized spacial score (nSPS) is 10.1. The minimum Gasteiger partial charge on any atom is -0.464 e. The lowest BCUT2D eigenvalue weighted by Crippen LogP contribution is -2.04. The van der Waals surface area contributed by atoms with E-state index in [1.165, 1.54) is 37.6 Å². The van der Waals surface area contributed by atoms with Crippen LogP contribution in [0.4, 0.5) is 0 Å². The minimum atomic E-state index is -0.510. The topological polar surface area (TPSA) is 93.6 Å². The lowest BCUT2D eigenvalue weighted by atomic mass is 10.5. The van der Waals surface area contributed by atoms with Gasteiger partial charge < -0.3 is 4.74 Å². The van der Waals surface area contributed by atoms with E-state index in [0.29, 0.717) is 10.2 Å². The summed E-state index contributed by atoms with van der Waals surface area (Å²) in [5.41, 5.74) is 0.171. The second-order valence-electron chi connectivity index (χ2n) is 2.62. The Kier molecular flexibility index (Phi) is 3.10. The number of aromatic nitrogens is 5. The Hall–Kier alpha value is -1.96. The SMILES string of the molecule is COC(=O)c1cnc(Sc2ncn[nH]2)cn1. The van der Waals surface area contributed by atoms with Crippen LogP contribution in [0.25, 0.3) is 0 Å². The molecular weight excluding hydrogens is 230 g/mol. The summed E-state index contributed by atoms with van der Waals surface area (Å²) in [6.07, 6.45) is 4.22. The fraction of sp³-hybridized carbons (Fsp3) is 0.125. The first-order valence-corrected chi connectivity index (χ1v) is 5.05. The summed E-state index contributed by atoms with van der Waals surface area (Å²) in [4.78, 5) is 22.9. The molecule has 2 rings (SSSR count). The highest BCUT2D eigenvalue weighted by Gasteiger charge is 2.08. The zero-order valence-electron chi connectivity index (χ0n) is 8.25. The summed E-state index contributed by atoms with van der Waals surface area (Å²) >= 11 is 1.27. The lowest BCUT2D eigenvalue weighted by Gasteiger charge is -1.98. The molecule has 0 aliphatic heterocycles. The highest BCUT2D eigenvalue weighted by atomic mass is 32.2. The van der Waals surface area contributed by atoms with Crippen LogP contribution in [-0.4, -0.2) is 38.2 Å². The summed E-state index contributed by atoms with van der Waals surface area (Å²) < 4.78 is 4.51. The summed E-state index contributed by atoms with van der Waals surface area (Å²) in [6.45, 7) is 0. The maximum Gasteiger partial charge on any atom is 0.358 e. The molecule has 0 aromatic carbocycles. The lowest BCUT2D eigenvalue weighted by molar-refractivity contribution is 0.0593. The van der Waals surface area contributed by atoms with E-state index in [4.69, 9.17) is 0 Å². The van der Waals surface area contributed by atoms with Crippen LogP contribution in [0.2, 0.25) is 0 Å². The van der Waals surface area contributed by atoms with Gasteiger partial charge in [0.25, 0.3) is 0 Å². The number of nitrogens with zero attached hydrogens (tertiary/aromatic N) is 4. The molecule has 0 bridgehead atoms. The Labute approximate surface area is 94.7 Å². The monoisotopic (exact) mass is 237 g/mol. The van der Waals surface area contributed by atoms with Crippen LogP contribution >= 0.6 is 11.8 Å². The molecule has 1 N–H and O–H groups in total. The zero-order valence-corrected chi connectivity index (χ0v) is 9.06. The highest BCUT2D eigenvalue weighted by molar-refractivity contribution is 7.99. The third-order valence-electron chi connectivity index (χ3n) is 1.62.